The summed E-state index contributed by atoms with van der Waals surface area (Å²) in [4.78, 5) is 14.8. The highest BCUT2D eigenvalue weighted by Gasteiger charge is 2.31. The largest absolute Gasteiger partial charge is 0.340 e. The van der Waals surface area contributed by atoms with Gasteiger partial charge in [0.25, 0.3) is 0 Å². The van der Waals surface area contributed by atoms with Crippen molar-refractivity contribution < 1.29 is 13.2 Å². The molecule has 1 heterocycles. The number of fused-ring (bicyclic) bond motifs is 1. The Balaban J connectivity index is 1.39. The Morgan fingerprint density at radius 1 is 0.893 bits per heavy atom. The minimum Gasteiger partial charge on any atom is -0.340 e. The summed E-state index contributed by atoms with van der Waals surface area (Å²) >= 11 is 0. The Morgan fingerprint density at radius 3 is 2.29 bits per heavy atom. The van der Waals surface area contributed by atoms with Crippen LogP contribution in [-0.4, -0.2) is 49.7 Å². The minimum absolute atomic E-state index is 0.189. The first-order valence-corrected chi connectivity index (χ1v) is 11.7. The van der Waals surface area contributed by atoms with Gasteiger partial charge in [-0.1, -0.05) is 49.6 Å². The predicted molar refractivity (Wildman–Crippen MR) is 110 cm³/mol. The number of piperazine rings is 1. The summed E-state index contributed by atoms with van der Waals surface area (Å²) in [6.45, 7) is 1.70. The van der Waals surface area contributed by atoms with Gasteiger partial charge in [-0.05, 0) is 41.7 Å². The molecule has 2 aromatic rings. The number of benzene rings is 2. The Kier molecular flexibility index (Phi) is 5.69. The maximum atomic E-state index is 13.0. The second kappa shape index (κ2) is 8.21. The van der Waals surface area contributed by atoms with E-state index in [1.165, 1.54) is 23.6 Å². The lowest BCUT2D eigenvalue weighted by atomic mass is 9.86. The molecule has 2 fully saturated rings. The van der Waals surface area contributed by atoms with Gasteiger partial charge in [-0.15, -0.1) is 0 Å². The maximum Gasteiger partial charge on any atom is 0.243 e. The van der Waals surface area contributed by atoms with Crippen molar-refractivity contribution in [1.82, 2.24) is 9.21 Å². The van der Waals surface area contributed by atoms with Crippen molar-refractivity contribution in [2.75, 3.05) is 26.2 Å². The molecule has 0 unspecified atom stereocenters. The normalized spacial score (nSPS) is 19.8. The standard InChI is InChI=1S/C22H28N2O3S/c25-22(16-18-6-2-1-3-7-18)23-12-14-24(15-13-23)28(26,27)21-11-10-19-8-4-5-9-20(19)17-21/h4-5,8-11,17-18H,1-3,6-7,12-16H2. The van der Waals surface area contributed by atoms with Gasteiger partial charge in [0.1, 0.15) is 0 Å². The zero-order valence-corrected chi connectivity index (χ0v) is 17.0. The van der Waals surface area contributed by atoms with Crippen LogP contribution in [0.15, 0.2) is 47.4 Å². The number of rotatable bonds is 4. The quantitative estimate of drug-likeness (QED) is 0.787. The topological polar surface area (TPSA) is 57.7 Å². The van der Waals surface area contributed by atoms with E-state index >= 15 is 0 Å². The molecule has 0 bridgehead atoms. The summed E-state index contributed by atoms with van der Waals surface area (Å²) in [6.07, 6.45) is 6.68. The van der Waals surface area contributed by atoms with Crippen molar-refractivity contribution in [1.29, 1.82) is 0 Å². The third-order valence-electron chi connectivity index (χ3n) is 6.14. The average molecular weight is 401 g/mol. The van der Waals surface area contributed by atoms with Crippen molar-refractivity contribution in [3.8, 4) is 0 Å². The molecule has 1 amide bonds. The number of nitrogens with zero attached hydrogens (tertiary/aromatic N) is 2. The van der Waals surface area contributed by atoms with Gasteiger partial charge in [0, 0.05) is 32.6 Å². The van der Waals surface area contributed by atoms with Crippen LogP contribution in [0.1, 0.15) is 38.5 Å². The molecule has 0 N–H and O–H groups in total. The van der Waals surface area contributed by atoms with Gasteiger partial charge in [-0.25, -0.2) is 8.42 Å². The monoisotopic (exact) mass is 400 g/mol. The average Bonchev–Trinajstić information content (AvgIpc) is 2.74. The summed E-state index contributed by atoms with van der Waals surface area (Å²) in [5.41, 5.74) is 0. The molecule has 1 aliphatic heterocycles. The van der Waals surface area contributed by atoms with E-state index in [4.69, 9.17) is 0 Å². The zero-order chi connectivity index (χ0) is 19.6. The fourth-order valence-electron chi connectivity index (χ4n) is 4.42. The summed E-state index contributed by atoms with van der Waals surface area (Å²) in [5, 5.41) is 1.95. The number of carbonyl (C=O) groups excluding carboxylic acids is 1. The molecular weight excluding hydrogens is 372 g/mol. The molecular formula is C22H28N2O3S. The molecule has 0 aromatic heterocycles. The second-order valence-corrected chi connectivity index (χ2v) is 9.94. The van der Waals surface area contributed by atoms with Crippen molar-refractivity contribution in [3.63, 3.8) is 0 Å². The molecule has 4 rings (SSSR count). The third kappa shape index (κ3) is 4.08. The van der Waals surface area contributed by atoms with Crippen LogP contribution in [0, 0.1) is 5.92 Å². The highest BCUT2D eigenvalue weighted by Crippen LogP contribution is 2.27. The van der Waals surface area contributed by atoms with Crippen LogP contribution >= 0.6 is 0 Å². The summed E-state index contributed by atoms with van der Waals surface area (Å²) < 4.78 is 27.6. The summed E-state index contributed by atoms with van der Waals surface area (Å²) in [6, 6.07) is 13.0. The van der Waals surface area contributed by atoms with Crippen LogP contribution in [0.3, 0.4) is 0 Å². The molecule has 2 aromatic carbocycles. The maximum absolute atomic E-state index is 13.0. The summed E-state index contributed by atoms with van der Waals surface area (Å²) in [5.74, 6) is 0.704. The molecule has 1 aliphatic carbocycles. The van der Waals surface area contributed by atoms with E-state index in [9.17, 15) is 13.2 Å². The lowest BCUT2D eigenvalue weighted by molar-refractivity contribution is -0.133. The number of carbonyl (C=O) groups is 1. The first-order valence-electron chi connectivity index (χ1n) is 10.3. The van der Waals surface area contributed by atoms with E-state index < -0.39 is 10.0 Å². The van der Waals surface area contributed by atoms with Crippen molar-refractivity contribution in [3.05, 3.63) is 42.5 Å². The number of amides is 1. The molecule has 5 nitrogen and oxygen atoms in total. The molecule has 0 radical (unpaired) electrons. The van der Waals surface area contributed by atoms with Crippen LogP contribution < -0.4 is 0 Å². The van der Waals surface area contributed by atoms with Gasteiger partial charge in [-0.3, -0.25) is 4.79 Å². The van der Waals surface area contributed by atoms with Crippen LogP contribution in [0.5, 0.6) is 0 Å². The van der Waals surface area contributed by atoms with Crippen molar-refractivity contribution in [2.45, 2.75) is 43.4 Å². The van der Waals surface area contributed by atoms with E-state index in [1.807, 2.05) is 35.2 Å². The van der Waals surface area contributed by atoms with Gasteiger partial charge in [0.05, 0.1) is 4.90 Å². The molecule has 6 heteroatoms. The fraction of sp³-hybridized carbons (Fsp3) is 0.500. The van der Waals surface area contributed by atoms with Crippen LogP contribution in [0.2, 0.25) is 0 Å². The minimum atomic E-state index is -3.53. The van der Waals surface area contributed by atoms with E-state index in [0.29, 0.717) is 43.4 Å². The van der Waals surface area contributed by atoms with Crippen molar-refractivity contribution >= 4 is 26.7 Å². The smallest absolute Gasteiger partial charge is 0.243 e. The molecule has 0 atom stereocenters. The molecule has 28 heavy (non-hydrogen) atoms. The number of hydrogen-bond acceptors (Lipinski definition) is 3. The second-order valence-electron chi connectivity index (χ2n) is 8.00. The van der Waals surface area contributed by atoms with Crippen LogP contribution in [0.25, 0.3) is 10.8 Å². The lowest BCUT2D eigenvalue weighted by Crippen LogP contribution is -2.50. The van der Waals surface area contributed by atoms with Gasteiger partial charge in [0.2, 0.25) is 15.9 Å². The van der Waals surface area contributed by atoms with Gasteiger partial charge in [-0.2, -0.15) is 4.31 Å². The number of hydrogen-bond donors (Lipinski definition) is 0. The first-order chi connectivity index (χ1) is 13.5. The highest BCUT2D eigenvalue weighted by molar-refractivity contribution is 7.89. The van der Waals surface area contributed by atoms with E-state index in [0.717, 1.165) is 23.6 Å². The lowest BCUT2D eigenvalue weighted by Gasteiger charge is -2.35. The van der Waals surface area contributed by atoms with Gasteiger partial charge < -0.3 is 4.90 Å². The molecule has 2 aliphatic rings. The predicted octanol–water partition coefficient (Wildman–Crippen LogP) is 3.64. The third-order valence-corrected chi connectivity index (χ3v) is 8.03. The Bertz CT molecular complexity index is 943. The van der Waals surface area contributed by atoms with Crippen molar-refractivity contribution in [2.24, 2.45) is 5.92 Å². The molecule has 150 valence electrons. The molecule has 0 spiro atoms. The zero-order valence-electron chi connectivity index (χ0n) is 16.2. The van der Waals surface area contributed by atoms with E-state index in [2.05, 4.69) is 0 Å². The molecule has 1 saturated carbocycles. The Hall–Kier alpha value is -1.92. The highest BCUT2D eigenvalue weighted by atomic mass is 32.2. The van der Waals surface area contributed by atoms with Gasteiger partial charge in [0.15, 0.2) is 0 Å². The van der Waals surface area contributed by atoms with Gasteiger partial charge >= 0.3 is 0 Å². The van der Waals surface area contributed by atoms with E-state index in [1.54, 1.807) is 12.1 Å². The Labute approximate surface area is 167 Å². The van der Waals surface area contributed by atoms with Crippen LogP contribution in [-0.2, 0) is 14.8 Å². The Morgan fingerprint density at radius 2 is 1.57 bits per heavy atom. The van der Waals surface area contributed by atoms with Crippen LogP contribution in [0.4, 0.5) is 0 Å². The molecule has 1 saturated heterocycles. The van der Waals surface area contributed by atoms with E-state index in [-0.39, 0.29) is 5.91 Å². The number of sulfonamides is 1. The first kappa shape index (κ1) is 19.4. The SMILES string of the molecule is O=C(CC1CCCCC1)N1CCN(S(=O)(=O)c2ccc3ccccc3c2)CC1. The fourth-order valence-corrected chi connectivity index (χ4v) is 5.88. The summed E-state index contributed by atoms with van der Waals surface area (Å²) in [7, 11) is -3.53.